The Labute approximate surface area is 77.5 Å². The van der Waals surface area contributed by atoms with Crippen LogP contribution in [0.1, 0.15) is 11.1 Å². The average molecular weight is 176 g/mol. The van der Waals surface area contributed by atoms with Crippen molar-refractivity contribution in [3.63, 3.8) is 0 Å². The predicted octanol–water partition coefficient (Wildman–Crippen LogP) is 1.76. The van der Waals surface area contributed by atoms with E-state index in [0.29, 0.717) is 6.61 Å². The summed E-state index contributed by atoms with van der Waals surface area (Å²) >= 11 is 0. The molecule has 0 atom stereocenters. The van der Waals surface area contributed by atoms with E-state index in [0.717, 1.165) is 16.9 Å². The number of aliphatic hydroxyl groups excluding tert-OH is 1. The van der Waals surface area contributed by atoms with Crippen molar-refractivity contribution in [1.82, 2.24) is 0 Å². The van der Waals surface area contributed by atoms with E-state index in [1.54, 1.807) is 0 Å². The lowest BCUT2D eigenvalue weighted by Gasteiger charge is -2.16. The van der Waals surface area contributed by atoms with E-state index in [4.69, 9.17) is 9.84 Å². The Hall–Kier alpha value is -1.28. The first kappa shape index (κ1) is 8.32. The molecule has 1 aliphatic heterocycles. The molecule has 1 N–H and O–H groups in total. The Morgan fingerprint density at radius 1 is 1.46 bits per heavy atom. The van der Waals surface area contributed by atoms with Crippen LogP contribution in [-0.4, -0.2) is 18.3 Å². The summed E-state index contributed by atoms with van der Waals surface area (Å²) in [6, 6.07) is 6.05. The SMILES string of the molecule is Cc1ccc2c(c1)C=C(CO)CO2. The Morgan fingerprint density at radius 2 is 2.31 bits per heavy atom. The first-order valence-corrected chi connectivity index (χ1v) is 4.33. The molecule has 68 valence electrons. The van der Waals surface area contributed by atoms with Gasteiger partial charge in [0, 0.05) is 5.56 Å². The van der Waals surface area contributed by atoms with Crippen molar-refractivity contribution in [2.45, 2.75) is 6.92 Å². The lowest BCUT2D eigenvalue weighted by molar-refractivity contribution is 0.285. The molecule has 0 unspecified atom stereocenters. The monoisotopic (exact) mass is 176 g/mol. The zero-order chi connectivity index (χ0) is 9.26. The average Bonchev–Trinajstić information content (AvgIpc) is 2.16. The highest BCUT2D eigenvalue weighted by molar-refractivity contribution is 5.63. The summed E-state index contributed by atoms with van der Waals surface area (Å²) in [4.78, 5) is 0. The Kier molecular flexibility index (Phi) is 2.07. The van der Waals surface area contributed by atoms with Gasteiger partial charge in [-0.1, -0.05) is 11.6 Å². The van der Waals surface area contributed by atoms with Crippen LogP contribution in [0.4, 0.5) is 0 Å². The molecule has 1 heterocycles. The topological polar surface area (TPSA) is 29.5 Å². The lowest BCUT2D eigenvalue weighted by atomic mass is 10.1. The van der Waals surface area contributed by atoms with Gasteiger partial charge in [0.1, 0.15) is 12.4 Å². The van der Waals surface area contributed by atoms with Crippen LogP contribution in [0, 0.1) is 6.92 Å². The van der Waals surface area contributed by atoms with E-state index in [2.05, 4.69) is 6.07 Å². The van der Waals surface area contributed by atoms with Crippen molar-refractivity contribution in [3.05, 3.63) is 34.9 Å². The summed E-state index contributed by atoms with van der Waals surface area (Å²) in [7, 11) is 0. The minimum absolute atomic E-state index is 0.0768. The van der Waals surface area contributed by atoms with Gasteiger partial charge >= 0.3 is 0 Å². The van der Waals surface area contributed by atoms with Crippen molar-refractivity contribution in [2.24, 2.45) is 0 Å². The molecule has 13 heavy (non-hydrogen) atoms. The van der Waals surface area contributed by atoms with Crippen molar-refractivity contribution >= 4 is 6.08 Å². The van der Waals surface area contributed by atoms with E-state index < -0.39 is 0 Å². The van der Waals surface area contributed by atoms with Gasteiger partial charge in [0.25, 0.3) is 0 Å². The molecule has 1 aromatic rings. The maximum absolute atomic E-state index is 8.94. The summed E-state index contributed by atoms with van der Waals surface area (Å²) in [6.07, 6.45) is 1.99. The lowest BCUT2D eigenvalue weighted by Crippen LogP contribution is -2.09. The first-order valence-electron chi connectivity index (χ1n) is 4.33. The third kappa shape index (κ3) is 1.58. The molecule has 0 saturated carbocycles. The molecule has 0 amide bonds. The summed E-state index contributed by atoms with van der Waals surface area (Å²) in [6.45, 7) is 2.63. The highest BCUT2D eigenvalue weighted by Gasteiger charge is 2.09. The van der Waals surface area contributed by atoms with Gasteiger partial charge in [-0.15, -0.1) is 0 Å². The quantitative estimate of drug-likeness (QED) is 0.706. The van der Waals surface area contributed by atoms with Crippen molar-refractivity contribution in [2.75, 3.05) is 13.2 Å². The molecule has 2 heteroatoms. The number of hydrogen-bond acceptors (Lipinski definition) is 2. The summed E-state index contributed by atoms with van der Waals surface area (Å²) in [5, 5.41) is 8.94. The molecule has 0 bridgehead atoms. The van der Waals surface area contributed by atoms with E-state index in [-0.39, 0.29) is 6.61 Å². The minimum atomic E-state index is 0.0768. The van der Waals surface area contributed by atoms with Crippen LogP contribution in [0.5, 0.6) is 5.75 Å². The van der Waals surface area contributed by atoms with E-state index in [9.17, 15) is 0 Å². The zero-order valence-electron chi connectivity index (χ0n) is 7.58. The van der Waals surface area contributed by atoms with Gasteiger partial charge in [-0.3, -0.25) is 0 Å². The van der Waals surface area contributed by atoms with E-state index in [1.165, 1.54) is 5.56 Å². The van der Waals surface area contributed by atoms with Crippen LogP contribution >= 0.6 is 0 Å². The first-order chi connectivity index (χ1) is 6.29. The van der Waals surface area contributed by atoms with Crippen LogP contribution in [0.25, 0.3) is 6.08 Å². The molecule has 0 spiro atoms. The van der Waals surface area contributed by atoms with Gasteiger partial charge in [0.15, 0.2) is 0 Å². The van der Waals surface area contributed by atoms with Crippen molar-refractivity contribution in [1.29, 1.82) is 0 Å². The summed E-state index contributed by atoms with van der Waals surface area (Å²) in [5.74, 6) is 0.905. The van der Waals surface area contributed by atoms with Crippen LogP contribution < -0.4 is 4.74 Å². The fourth-order valence-electron chi connectivity index (χ4n) is 1.44. The standard InChI is InChI=1S/C11H12O2/c1-8-2-3-11-10(4-8)5-9(6-12)7-13-11/h2-5,12H,6-7H2,1H3. The van der Waals surface area contributed by atoms with E-state index in [1.807, 2.05) is 25.1 Å². The molecular weight excluding hydrogens is 164 g/mol. The highest BCUT2D eigenvalue weighted by atomic mass is 16.5. The second-order valence-corrected chi connectivity index (χ2v) is 3.29. The van der Waals surface area contributed by atoms with Crippen molar-refractivity contribution < 1.29 is 9.84 Å². The van der Waals surface area contributed by atoms with Crippen LogP contribution in [0.3, 0.4) is 0 Å². The highest BCUT2D eigenvalue weighted by Crippen LogP contribution is 2.26. The third-order valence-electron chi connectivity index (χ3n) is 2.14. The number of hydrogen-bond donors (Lipinski definition) is 1. The van der Waals surface area contributed by atoms with Crippen LogP contribution in [0.2, 0.25) is 0 Å². The van der Waals surface area contributed by atoms with Gasteiger partial charge in [0.2, 0.25) is 0 Å². The number of ether oxygens (including phenoxy) is 1. The number of benzene rings is 1. The largest absolute Gasteiger partial charge is 0.489 e. The van der Waals surface area contributed by atoms with Crippen LogP contribution in [0.15, 0.2) is 23.8 Å². The Bertz CT molecular complexity index is 353. The minimum Gasteiger partial charge on any atom is -0.489 e. The molecule has 2 rings (SSSR count). The normalized spacial score (nSPS) is 14.5. The smallest absolute Gasteiger partial charge is 0.127 e. The summed E-state index contributed by atoms with van der Waals surface area (Å²) in [5.41, 5.74) is 3.20. The molecule has 0 saturated heterocycles. The van der Waals surface area contributed by atoms with E-state index >= 15 is 0 Å². The molecular formula is C11H12O2. The maximum atomic E-state index is 8.94. The zero-order valence-corrected chi connectivity index (χ0v) is 7.58. The fourth-order valence-corrected chi connectivity index (χ4v) is 1.44. The maximum Gasteiger partial charge on any atom is 0.127 e. The molecule has 0 aliphatic carbocycles. The molecule has 0 radical (unpaired) electrons. The molecule has 0 aromatic heterocycles. The van der Waals surface area contributed by atoms with Crippen molar-refractivity contribution in [3.8, 4) is 5.75 Å². The van der Waals surface area contributed by atoms with Gasteiger partial charge in [-0.25, -0.2) is 0 Å². The van der Waals surface area contributed by atoms with Crippen LogP contribution in [-0.2, 0) is 0 Å². The second kappa shape index (κ2) is 3.23. The summed E-state index contributed by atoms with van der Waals surface area (Å²) < 4.78 is 5.45. The number of fused-ring (bicyclic) bond motifs is 1. The number of aliphatic hydroxyl groups is 1. The Morgan fingerprint density at radius 3 is 3.08 bits per heavy atom. The molecule has 1 aliphatic rings. The third-order valence-corrected chi connectivity index (χ3v) is 2.14. The number of aryl methyl sites for hydroxylation is 1. The van der Waals surface area contributed by atoms with Gasteiger partial charge in [-0.2, -0.15) is 0 Å². The fraction of sp³-hybridized carbons (Fsp3) is 0.273. The molecule has 2 nitrogen and oxygen atoms in total. The predicted molar refractivity (Wildman–Crippen MR) is 51.7 cm³/mol. The molecule has 0 fully saturated rings. The number of rotatable bonds is 1. The second-order valence-electron chi connectivity index (χ2n) is 3.29. The molecule has 1 aromatic carbocycles. The Balaban J connectivity index is 2.44. The van der Waals surface area contributed by atoms with Gasteiger partial charge in [0.05, 0.1) is 6.61 Å². The van der Waals surface area contributed by atoms with Gasteiger partial charge in [-0.05, 0) is 30.7 Å². The van der Waals surface area contributed by atoms with Gasteiger partial charge < -0.3 is 9.84 Å².